The maximum atomic E-state index is 11.0. The standard InChI is InChI=1S/C12H15NO7/c1-19-6-3-5(12(17)18)4-7(20-2)8(6)9(14)10(15)11(13)16/h3-4,9-10,14-15H,1-2H3,(H2,13,16)(H,17,18). The highest BCUT2D eigenvalue weighted by atomic mass is 16.5. The lowest BCUT2D eigenvalue weighted by molar-refractivity contribution is -0.132. The number of hydrogen-bond acceptors (Lipinski definition) is 6. The second-order valence-corrected chi connectivity index (χ2v) is 3.89. The van der Waals surface area contributed by atoms with Crippen molar-refractivity contribution in [2.24, 2.45) is 5.73 Å². The van der Waals surface area contributed by atoms with Crippen LogP contribution in [0.2, 0.25) is 0 Å². The molecule has 0 aliphatic carbocycles. The van der Waals surface area contributed by atoms with Gasteiger partial charge in [-0.15, -0.1) is 0 Å². The number of rotatable bonds is 6. The number of amides is 1. The number of carboxylic acids is 1. The van der Waals surface area contributed by atoms with Gasteiger partial charge in [0.2, 0.25) is 5.91 Å². The van der Waals surface area contributed by atoms with E-state index in [-0.39, 0.29) is 22.6 Å². The molecule has 0 fully saturated rings. The summed E-state index contributed by atoms with van der Waals surface area (Å²) in [6, 6.07) is 2.27. The Balaban J connectivity index is 3.44. The molecule has 0 aromatic heterocycles. The van der Waals surface area contributed by atoms with Crippen LogP contribution < -0.4 is 15.2 Å². The Morgan fingerprint density at radius 1 is 1.15 bits per heavy atom. The quantitative estimate of drug-likeness (QED) is 0.541. The van der Waals surface area contributed by atoms with Gasteiger partial charge in [0.15, 0.2) is 6.10 Å². The Morgan fingerprint density at radius 3 is 1.90 bits per heavy atom. The maximum Gasteiger partial charge on any atom is 0.335 e. The van der Waals surface area contributed by atoms with E-state index in [9.17, 15) is 19.8 Å². The van der Waals surface area contributed by atoms with E-state index in [1.807, 2.05) is 0 Å². The molecule has 0 spiro atoms. The van der Waals surface area contributed by atoms with Gasteiger partial charge in [0.1, 0.15) is 17.6 Å². The van der Waals surface area contributed by atoms with Gasteiger partial charge < -0.3 is 30.5 Å². The highest BCUT2D eigenvalue weighted by Crippen LogP contribution is 2.37. The van der Waals surface area contributed by atoms with Crippen LogP contribution in [0.25, 0.3) is 0 Å². The molecule has 0 saturated carbocycles. The Hall–Kier alpha value is -2.32. The van der Waals surface area contributed by atoms with Crippen LogP contribution >= 0.6 is 0 Å². The van der Waals surface area contributed by atoms with Gasteiger partial charge in [0.05, 0.1) is 25.3 Å². The molecule has 2 atom stereocenters. The molecule has 2 unspecified atom stereocenters. The number of methoxy groups -OCH3 is 2. The smallest absolute Gasteiger partial charge is 0.335 e. The number of aliphatic hydroxyl groups excluding tert-OH is 2. The fourth-order valence-corrected chi connectivity index (χ4v) is 1.67. The molecule has 1 amide bonds. The molecule has 110 valence electrons. The topological polar surface area (TPSA) is 139 Å². The zero-order valence-corrected chi connectivity index (χ0v) is 10.9. The summed E-state index contributed by atoms with van der Waals surface area (Å²) in [6.07, 6.45) is -3.59. The number of carbonyl (C=O) groups is 2. The lowest BCUT2D eigenvalue weighted by Crippen LogP contribution is -2.34. The van der Waals surface area contributed by atoms with Crippen molar-refractivity contribution in [3.63, 3.8) is 0 Å². The first kappa shape index (κ1) is 15.7. The van der Waals surface area contributed by atoms with Crippen LogP contribution in [0.15, 0.2) is 12.1 Å². The number of aliphatic hydroxyl groups is 2. The average molecular weight is 285 g/mol. The van der Waals surface area contributed by atoms with Crippen molar-refractivity contribution >= 4 is 11.9 Å². The van der Waals surface area contributed by atoms with Crippen molar-refractivity contribution in [2.75, 3.05) is 14.2 Å². The van der Waals surface area contributed by atoms with E-state index in [1.54, 1.807) is 0 Å². The summed E-state index contributed by atoms with van der Waals surface area (Å²) in [5.41, 5.74) is 4.71. The fourth-order valence-electron chi connectivity index (χ4n) is 1.67. The largest absolute Gasteiger partial charge is 0.496 e. The predicted molar refractivity (Wildman–Crippen MR) is 66.7 cm³/mol. The van der Waals surface area contributed by atoms with Gasteiger partial charge in [0, 0.05) is 0 Å². The minimum atomic E-state index is -1.88. The normalized spacial score (nSPS) is 13.4. The van der Waals surface area contributed by atoms with Crippen LogP contribution in [-0.2, 0) is 4.79 Å². The first-order chi connectivity index (χ1) is 9.33. The summed E-state index contributed by atoms with van der Waals surface area (Å²) >= 11 is 0. The maximum absolute atomic E-state index is 11.0. The van der Waals surface area contributed by atoms with E-state index in [0.29, 0.717) is 0 Å². The number of ether oxygens (including phenoxy) is 2. The monoisotopic (exact) mass is 285 g/mol. The average Bonchev–Trinajstić information content (AvgIpc) is 2.43. The first-order valence-electron chi connectivity index (χ1n) is 5.48. The van der Waals surface area contributed by atoms with Gasteiger partial charge in [-0.2, -0.15) is 0 Å². The van der Waals surface area contributed by atoms with E-state index < -0.39 is 24.1 Å². The van der Waals surface area contributed by atoms with E-state index in [1.165, 1.54) is 14.2 Å². The van der Waals surface area contributed by atoms with Crippen molar-refractivity contribution in [3.05, 3.63) is 23.3 Å². The number of carboxylic acid groups (broad SMARTS) is 1. The summed E-state index contributed by atoms with van der Waals surface area (Å²) in [6.45, 7) is 0. The second-order valence-electron chi connectivity index (χ2n) is 3.89. The Morgan fingerprint density at radius 2 is 1.60 bits per heavy atom. The van der Waals surface area contributed by atoms with E-state index in [2.05, 4.69) is 0 Å². The summed E-state index contributed by atoms with van der Waals surface area (Å²) in [7, 11) is 2.49. The molecule has 0 saturated heterocycles. The molecule has 1 aromatic rings. The Kier molecular flexibility index (Phi) is 4.89. The molecule has 0 aliphatic rings. The van der Waals surface area contributed by atoms with E-state index >= 15 is 0 Å². The van der Waals surface area contributed by atoms with Crippen LogP contribution in [-0.4, -0.2) is 47.5 Å². The number of aromatic carboxylic acids is 1. The van der Waals surface area contributed by atoms with Crippen LogP contribution in [0.3, 0.4) is 0 Å². The minimum Gasteiger partial charge on any atom is -0.496 e. The molecule has 0 aliphatic heterocycles. The molecule has 0 radical (unpaired) electrons. The van der Waals surface area contributed by atoms with Gasteiger partial charge in [-0.25, -0.2) is 4.79 Å². The summed E-state index contributed by atoms with van der Waals surface area (Å²) in [4.78, 5) is 21.9. The Labute approximate surface area is 114 Å². The van der Waals surface area contributed by atoms with Crippen LogP contribution in [0.5, 0.6) is 11.5 Å². The Bertz CT molecular complexity index is 504. The van der Waals surface area contributed by atoms with Gasteiger partial charge in [0.25, 0.3) is 0 Å². The van der Waals surface area contributed by atoms with Crippen molar-refractivity contribution in [2.45, 2.75) is 12.2 Å². The van der Waals surface area contributed by atoms with Gasteiger partial charge in [-0.3, -0.25) is 4.79 Å². The number of nitrogens with two attached hydrogens (primary N) is 1. The lowest BCUT2D eigenvalue weighted by Gasteiger charge is -2.21. The molecular formula is C12H15NO7. The summed E-state index contributed by atoms with van der Waals surface area (Å²) in [5.74, 6) is -2.45. The van der Waals surface area contributed by atoms with Gasteiger partial charge in [-0.1, -0.05) is 0 Å². The van der Waals surface area contributed by atoms with Crippen molar-refractivity contribution in [3.8, 4) is 11.5 Å². The van der Waals surface area contributed by atoms with Crippen molar-refractivity contribution in [1.29, 1.82) is 0 Å². The number of primary amides is 1. The molecule has 5 N–H and O–H groups in total. The van der Waals surface area contributed by atoms with Gasteiger partial charge >= 0.3 is 5.97 Å². The molecule has 8 nitrogen and oxygen atoms in total. The summed E-state index contributed by atoms with van der Waals surface area (Å²) < 4.78 is 9.93. The molecule has 20 heavy (non-hydrogen) atoms. The van der Waals surface area contributed by atoms with Crippen molar-refractivity contribution in [1.82, 2.24) is 0 Å². The predicted octanol–water partition coefficient (Wildman–Crippen LogP) is -0.718. The molecule has 1 rings (SSSR count). The summed E-state index contributed by atoms with van der Waals surface area (Å²) in [5, 5.41) is 28.4. The number of benzene rings is 1. The van der Waals surface area contributed by atoms with Crippen molar-refractivity contribution < 1.29 is 34.4 Å². The first-order valence-corrected chi connectivity index (χ1v) is 5.48. The van der Waals surface area contributed by atoms with E-state index in [0.717, 1.165) is 12.1 Å². The van der Waals surface area contributed by atoms with E-state index in [4.69, 9.17) is 20.3 Å². The van der Waals surface area contributed by atoms with Gasteiger partial charge in [-0.05, 0) is 12.1 Å². The zero-order chi connectivity index (χ0) is 15.4. The number of hydrogen-bond donors (Lipinski definition) is 4. The number of carbonyl (C=O) groups excluding carboxylic acids is 1. The third kappa shape index (κ3) is 2.98. The fraction of sp³-hybridized carbons (Fsp3) is 0.333. The van der Waals surface area contributed by atoms with Crippen LogP contribution in [0, 0.1) is 0 Å². The third-order valence-corrected chi connectivity index (χ3v) is 2.68. The van der Waals surface area contributed by atoms with Crippen LogP contribution in [0.1, 0.15) is 22.0 Å². The second kappa shape index (κ2) is 6.22. The zero-order valence-electron chi connectivity index (χ0n) is 10.9. The third-order valence-electron chi connectivity index (χ3n) is 2.68. The SMILES string of the molecule is COc1cc(C(=O)O)cc(OC)c1C(O)C(O)C(N)=O. The highest BCUT2D eigenvalue weighted by Gasteiger charge is 2.30. The molecular weight excluding hydrogens is 270 g/mol. The minimum absolute atomic E-state index is 0.0467. The molecule has 0 heterocycles. The lowest BCUT2D eigenvalue weighted by atomic mass is 9.99. The molecule has 0 bridgehead atoms. The molecule has 1 aromatic carbocycles. The van der Waals surface area contributed by atoms with Crippen LogP contribution in [0.4, 0.5) is 0 Å². The molecule has 8 heteroatoms. The highest BCUT2D eigenvalue weighted by molar-refractivity contribution is 5.89.